The summed E-state index contributed by atoms with van der Waals surface area (Å²) in [4.78, 5) is 49.2. The van der Waals surface area contributed by atoms with Crippen molar-refractivity contribution in [3.05, 3.63) is 88.3 Å². The fourth-order valence-electron chi connectivity index (χ4n) is 6.67. The zero-order valence-corrected chi connectivity index (χ0v) is 39.7. The Balaban J connectivity index is 0.00000178. The maximum absolute atomic E-state index is 12.9. The molecule has 3 aliphatic rings. The number of rotatable bonds is 14. The largest absolute Gasteiger partial charge is 1.00 e. The Labute approximate surface area is 384 Å². The van der Waals surface area contributed by atoms with E-state index in [0.717, 1.165) is 59.0 Å². The minimum atomic E-state index is -4.38. The van der Waals surface area contributed by atoms with Crippen LogP contribution < -0.4 is 68.6 Å². The Hall–Kier alpha value is -2.51. The topological polar surface area (TPSA) is 192 Å². The molecule has 0 unspecified atom stereocenters. The number of nitrogens with zero attached hydrogens (tertiary/aromatic N) is 4. The number of amides is 2. The quantitative estimate of drug-likeness (QED) is 0.0571. The molecule has 19 heteroatoms. The fraction of sp³-hybridized carbons (Fsp3) is 0.447. The second-order valence-electron chi connectivity index (χ2n) is 14.3. The van der Waals surface area contributed by atoms with Crippen LogP contribution in [0.25, 0.3) is 0 Å². The van der Waals surface area contributed by atoms with E-state index in [1.807, 2.05) is 53.6 Å². The van der Waals surface area contributed by atoms with E-state index >= 15 is 0 Å². The third-order valence-electron chi connectivity index (χ3n) is 9.61. The van der Waals surface area contributed by atoms with Crippen LogP contribution >= 0.6 is 11.6 Å². The molecule has 1 fully saturated rings. The summed E-state index contributed by atoms with van der Waals surface area (Å²) in [6.45, 7) is 11.5. The summed E-state index contributed by atoms with van der Waals surface area (Å²) in [5, 5.41) is 1.18. The number of halogens is 1. The van der Waals surface area contributed by atoms with Crippen molar-refractivity contribution in [2.24, 2.45) is 4.99 Å². The van der Waals surface area contributed by atoms with E-state index in [-0.39, 0.29) is 91.2 Å². The number of hydroxylamine groups is 2. The van der Waals surface area contributed by atoms with Gasteiger partial charge in [-0.1, -0.05) is 56.6 Å². The summed E-state index contributed by atoms with van der Waals surface area (Å²) in [6, 6.07) is 10.7. The zero-order chi connectivity index (χ0) is 40.7. The number of aromatic nitrogens is 1. The van der Waals surface area contributed by atoms with Crippen molar-refractivity contribution in [1.29, 1.82) is 0 Å². The maximum Gasteiger partial charge on any atom is 1.00 e. The first kappa shape index (κ1) is 50.6. The Kier molecular flexibility index (Phi) is 19.2. The number of pyridine rings is 1. The van der Waals surface area contributed by atoms with Crippen molar-refractivity contribution in [3.8, 4) is 0 Å². The van der Waals surface area contributed by atoms with Crippen molar-refractivity contribution in [1.82, 2.24) is 5.06 Å². The molecule has 4 heterocycles. The van der Waals surface area contributed by atoms with Crippen LogP contribution in [0.15, 0.2) is 71.0 Å². The molecule has 1 aromatic heterocycles. The first-order chi connectivity index (χ1) is 25.8. The number of fused-ring (bicyclic) bond motifs is 2. The van der Waals surface area contributed by atoms with Crippen molar-refractivity contribution in [2.45, 2.75) is 96.9 Å². The Morgan fingerprint density at radius 1 is 1.07 bits per heavy atom. The second-order valence-corrected chi connectivity index (χ2v) is 16.6. The fourth-order valence-corrected chi connectivity index (χ4v) is 7.38. The van der Waals surface area contributed by atoms with Gasteiger partial charge in [-0.15, -0.1) is 29.3 Å². The van der Waals surface area contributed by atoms with Crippen LogP contribution in [0.1, 0.15) is 90.7 Å². The van der Waals surface area contributed by atoms with Gasteiger partial charge in [-0.3, -0.25) is 9.59 Å². The Morgan fingerprint density at radius 2 is 1.72 bits per heavy atom. The van der Waals surface area contributed by atoms with Gasteiger partial charge in [0.1, 0.15) is 6.20 Å². The van der Waals surface area contributed by atoms with Crippen molar-refractivity contribution >= 4 is 67.3 Å². The molecule has 0 saturated carbocycles. The van der Waals surface area contributed by atoms with Crippen LogP contribution in [0.4, 0.5) is 11.5 Å². The van der Waals surface area contributed by atoms with E-state index in [9.17, 15) is 27.4 Å². The summed E-state index contributed by atoms with van der Waals surface area (Å²) in [5.41, 5.74) is 4.39. The van der Waals surface area contributed by atoms with E-state index in [0.29, 0.717) is 16.6 Å². The number of carbonyl (C=O) groups excluding carboxylic acids is 3. The van der Waals surface area contributed by atoms with Gasteiger partial charge in [-0.05, 0) is 67.3 Å². The smallest absolute Gasteiger partial charge is 0.748 e. The first-order valence-electron chi connectivity index (χ1n) is 17.7. The molecule has 2 amide bonds. The molecule has 0 aliphatic carbocycles. The van der Waals surface area contributed by atoms with Crippen LogP contribution in [0.2, 0.25) is 5.02 Å². The van der Waals surface area contributed by atoms with Gasteiger partial charge in [0.05, 0.1) is 39.1 Å². The number of aliphatic imine (C=N–C) groups is 1. The van der Waals surface area contributed by atoms with Gasteiger partial charge in [0.15, 0.2) is 5.71 Å². The molecule has 1 aromatic carbocycles. The Bertz CT molecular complexity index is 2180. The first-order valence-corrected chi connectivity index (χ1v) is 20.7. The monoisotopic (exact) mass is 861 g/mol. The summed E-state index contributed by atoms with van der Waals surface area (Å²) >= 11 is 6.54. The third-order valence-corrected chi connectivity index (χ3v) is 10.6. The number of anilines is 1. The van der Waals surface area contributed by atoms with Crippen molar-refractivity contribution in [3.63, 3.8) is 0 Å². The van der Waals surface area contributed by atoms with Crippen LogP contribution in [-0.2, 0) is 57.3 Å². The van der Waals surface area contributed by atoms with E-state index in [4.69, 9.17) is 34.1 Å². The number of hydrogen-bond donors (Lipinski definition) is 0. The number of aryl methyl sites for hydroxylation is 1. The van der Waals surface area contributed by atoms with Crippen LogP contribution in [-0.4, -0.2) is 66.5 Å². The summed E-state index contributed by atoms with van der Waals surface area (Å²) in [7, 11) is -7.50. The molecule has 2 aromatic rings. The van der Waals surface area contributed by atoms with Gasteiger partial charge in [0.2, 0.25) is 0 Å². The van der Waals surface area contributed by atoms with Gasteiger partial charge in [-0.2, -0.15) is 18.2 Å². The number of imide groups is 1. The molecule has 3 aliphatic heterocycles. The van der Waals surface area contributed by atoms with Gasteiger partial charge in [0.25, 0.3) is 11.8 Å². The van der Waals surface area contributed by atoms with E-state index in [1.54, 1.807) is 6.07 Å². The van der Waals surface area contributed by atoms with Crippen molar-refractivity contribution < 1.29 is 109 Å². The average Bonchev–Trinajstić information content (AvgIpc) is 3.63. The van der Waals surface area contributed by atoms with Gasteiger partial charge < -0.3 is 14.3 Å². The summed E-state index contributed by atoms with van der Waals surface area (Å²) in [5.74, 6) is -1.43. The SMILES string of the molecule is CCCC[n+]1cc(Cl)cc2c1N=C(/C=C/C(=C/C=C1/N(CCCS(=O)(=O)[O-])c3cc[c-]cc3C1(C)C)CCC(=O)ON1C(=O)CCC1=O)C2(C)C.O=S(=O)=O.[Na+].[Na+]. The van der Waals surface area contributed by atoms with Gasteiger partial charge in [0, 0.05) is 30.8 Å². The predicted molar refractivity (Wildman–Crippen MR) is 203 cm³/mol. The molecule has 0 spiro atoms. The molecular weight excluding hydrogens is 818 g/mol. The molecule has 0 bridgehead atoms. The average molecular weight is 862 g/mol. The van der Waals surface area contributed by atoms with Gasteiger partial charge >= 0.3 is 81.5 Å². The van der Waals surface area contributed by atoms with Crippen molar-refractivity contribution in [2.75, 3.05) is 17.2 Å². The van der Waals surface area contributed by atoms with E-state index < -0.39 is 55.1 Å². The maximum atomic E-state index is 12.9. The second kappa shape index (κ2) is 21.7. The van der Waals surface area contributed by atoms with Gasteiger partial charge in [-0.25, -0.2) is 17.8 Å². The normalized spacial score (nSPS) is 17.4. The third kappa shape index (κ3) is 13.2. The Morgan fingerprint density at radius 3 is 2.33 bits per heavy atom. The minimum absolute atomic E-state index is 0. The molecule has 5 rings (SSSR count). The molecule has 0 atom stereocenters. The van der Waals surface area contributed by atoms with Crippen LogP contribution in [0.5, 0.6) is 0 Å². The number of unbranched alkanes of at least 4 members (excludes halogenated alkanes) is 1. The molecular formula is C38H44ClN4Na2O10S2+. The van der Waals surface area contributed by atoms with E-state index in [2.05, 4.69) is 45.3 Å². The zero-order valence-electron chi connectivity index (χ0n) is 33.3. The van der Waals surface area contributed by atoms with Crippen LogP contribution in [0, 0.1) is 6.07 Å². The molecule has 0 radical (unpaired) electrons. The molecule has 0 N–H and O–H groups in total. The molecule has 1 saturated heterocycles. The predicted octanol–water partition coefficient (Wildman–Crippen LogP) is -0.918. The summed E-state index contributed by atoms with van der Waals surface area (Å²) in [6.07, 6.45) is 11.8. The minimum Gasteiger partial charge on any atom is -0.748 e. The number of allylic oxidation sites excluding steroid dienone is 6. The number of benzene rings is 1. The molecule has 14 nitrogen and oxygen atoms in total. The molecule has 57 heavy (non-hydrogen) atoms. The molecule has 296 valence electrons. The van der Waals surface area contributed by atoms with E-state index in [1.165, 1.54) is 0 Å². The summed E-state index contributed by atoms with van der Waals surface area (Å²) < 4.78 is 61.7. The number of hydrogen-bond acceptors (Lipinski definition) is 12. The standard InChI is InChI=1S/C38H45ClN4O7S.2Na.O3S/c1-6-7-21-41-25-27(39)24-29-36(41)40-31(37(29,2)3)16-13-26(15-20-35(46)50-43-33(44)18-19-34(43)45)14-17-32-38(4,5)28-11-8-9-12-30(28)42(32)22-10-23-51(47,48)49;;;1-4(2)3/h9,11-14,16-17,24-25H,6-7,10,15,18-23H2,1-5H3,(H,47,48,49);;;/q;2*+1;/p-1. The van der Waals surface area contributed by atoms with Crippen LogP contribution in [0.3, 0.4) is 0 Å². The number of carbonyl (C=O) groups is 3.